The maximum Gasteiger partial charge on any atom is 0.195 e. The summed E-state index contributed by atoms with van der Waals surface area (Å²) in [7, 11) is 0. The average molecular weight is 211 g/mol. The molecule has 4 heteroatoms. The van der Waals surface area contributed by atoms with Crippen LogP contribution in [-0.4, -0.2) is 14.8 Å². The Bertz CT molecular complexity index is 396. The molecule has 0 saturated heterocycles. The third kappa shape index (κ3) is 1.52. The number of hydrogen-bond acceptors (Lipinski definition) is 2. The molecule has 1 fully saturated rings. The quantitative estimate of drug-likeness (QED) is 0.725. The summed E-state index contributed by atoms with van der Waals surface area (Å²) in [6.45, 7) is 8.74. The Morgan fingerprint density at radius 2 is 2.07 bits per heavy atom. The summed E-state index contributed by atoms with van der Waals surface area (Å²) >= 11 is 5.25. The fourth-order valence-corrected chi connectivity index (χ4v) is 2.30. The van der Waals surface area contributed by atoms with Crippen molar-refractivity contribution in [3.63, 3.8) is 0 Å². The van der Waals surface area contributed by atoms with Crippen molar-refractivity contribution in [2.24, 2.45) is 5.92 Å². The highest BCUT2D eigenvalue weighted by atomic mass is 32.1. The zero-order valence-electron chi connectivity index (χ0n) is 9.16. The van der Waals surface area contributed by atoms with Crippen molar-refractivity contribution in [3.8, 4) is 0 Å². The molecular weight excluding hydrogens is 194 g/mol. The molecule has 1 aromatic rings. The molecule has 1 N–H and O–H groups in total. The lowest BCUT2D eigenvalue weighted by Crippen LogP contribution is -2.24. The summed E-state index contributed by atoms with van der Waals surface area (Å²) in [5, 5.41) is 7.24. The first kappa shape index (κ1) is 9.90. The molecule has 0 amide bonds. The van der Waals surface area contributed by atoms with Crippen LogP contribution in [0.3, 0.4) is 0 Å². The fraction of sp³-hybridized carbons (Fsp3) is 0.800. The predicted molar refractivity (Wildman–Crippen MR) is 58.9 cm³/mol. The van der Waals surface area contributed by atoms with Gasteiger partial charge in [0.05, 0.1) is 0 Å². The highest BCUT2D eigenvalue weighted by molar-refractivity contribution is 7.71. The van der Waals surface area contributed by atoms with Crippen LogP contribution in [0.1, 0.15) is 45.9 Å². The molecule has 0 radical (unpaired) electrons. The van der Waals surface area contributed by atoms with Gasteiger partial charge in [0.2, 0.25) is 0 Å². The molecule has 2 rings (SSSR count). The van der Waals surface area contributed by atoms with Gasteiger partial charge in [-0.3, -0.25) is 9.67 Å². The second-order valence-electron chi connectivity index (χ2n) is 5.21. The van der Waals surface area contributed by atoms with Crippen LogP contribution in [0.4, 0.5) is 0 Å². The van der Waals surface area contributed by atoms with Crippen LogP contribution in [0.2, 0.25) is 0 Å². The lowest BCUT2D eigenvalue weighted by atomic mass is 10.1. The van der Waals surface area contributed by atoms with E-state index in [-0.39, 0.29) is 5.54 Å². The van der Waals surface area contributed by atoms with E-state index < -0.39 is 0 Å². The lowest BCUT2D eigenvalue weighted by Gasteiger charge is -2.22. The standard InChI is InChI=1S/C10H17N3S/c1-6-5-7(6)8-11-12-9(14)13(8)10(2,3)4/h6-7H,5H2,1-4H3,(H,12,14). The molecule has 1 aliphatic rings. The summed E-state index contributed by atoms with van der Waals surface area (Å²) in [5.74, 6) is 2.51. The minimum atomic E-state index is 0.0295. The molecular formula is C10H17N3S. The van der Waals surface area contributed by atoms with E-state index in [4.69, 9.17) is 12.2 Å². The van der Waals surface area contributed by atoms with Gasteiger partial charge in [-0.25, -0.2) is 0 Å². The second kappa shape index (κ2) is 2.92. The molecule has 0 bridgehead atoms. The molecule has 0 spiro atoms. The van der Waals surface area contributed by atoms with Crippen molar-refractivity contribution in [1.82, 2.24) is 14.8 Å². The Kier molecular flexibility index (Phi) is 2.07. The van der Waals surface area contributed by atoms with Crippen LogP contribution >= 0.6 is 12.2 Å². The molecule has 1 aliphatic carbocycles. The van der Waals surface area contributed by atoms with E-state index in [2.05, 4.69) is 42.5 Å². The summed E-state index contributed by atoms with van der Waals surface area (Å²) in [6, 6.07) is 0. The van der Waals surface area contributed by atoms with Crippen LogP contribution in [0.5, 0.6) is 0 Å². The van der Waals surface area contributed by atoms with Gasteiger partial charge < -0.3 is 0 Å². The van der Waals surface area contributed by atoms with Crippen LogP contribution in [-0.2, 0) is 5.54 Å². The summed E-state index contributed by atoms with van der Waals surface area (Å²) in [6.07, 6.45) is 1.25. The van der Waals surface area contributed by atoms with Gasteiger partial charge in [-0.15, -0.1) is 0 Å². The third-order valence-corrected chi connectivity index (χ3v) is 3.08. The minimum absolute atomic E-state index is 0.0295. The van der Waals surface area contributed by atoms with E-state index >= 15 is 0 Å². The first-order valence-corrected chi connectivity index (χ1v) is 5.50. The molecule has 78 valence electrons. The number of nitrogens with zero attached hydrogens (tertiary/aromatic N) is 2. The largest absolute Gasteiger partial charge is 0.299 e. The van der Waals surface area contributed by atoms with E-state index in [1.807, 2.05) is 0 Å². The predicted octanol–water partition coefficient (Wildman–Crippen LogP) is 2.82. The summed E-state index contributed by atoms with van der Waals surface area (Å²) in [4.78, 5) is 0. The molecule has 1 heterocycles. The number of aromatic amines is 1. The van der Waals surface area contributed by atoms with Crippen molar-refractivity contribution >= 4 is 12.2 Å². The number of hydrogen-bond donors (Lipinski definition) is 1. The van der Waals surface area contributed by atoms with Gasteiger partial charge in [0.1, 0.15) is 5.82 Å². The minimum Gasteiger partial charge on any atom is -0.299 e. The second-order valence-corrected chi connectivity index (χ2v) is 5.60. The van der Waals surface area contributed by atoms with Crippen molar-refractivity contribution in [1.29, 1.82) is 0 Å². The molecule has 14 heavy (non-hydrogen) atoms. The monoisotopic (exact) mass is 211 g/mol. The Morgan fingerprint density at radius 1 is 1.50 bits per heavy atom. The normalized spacial score (nSPS) is 26.6. The molecule has 0 aliphatic heterocycles. The Hall–Kier alpha value is -0.640. The van der Waals surface area contributed by atoms with Crippen LogP contribution < -0.4 is 0 Å². The van der Waals surface area contributed by atoms with E-state index in [1.165, 1.54) is 6.42 Å². The summed E-state index contributed by atoms with van der Waals surface area (Å²) < 4.78 is 2.89. The first-order chi connectivity index (χ1) is 6.41. The SMILES string of the molecule is CC1CC1c1n[nH]c(=S)n1C(C)(C)C. The molecule has 0 aromatic carbocycles. The lowest BCUT2D eigenvalue weighted by molar-refractivity contribution is 0.376. The van der Waals surface area contributed by atoms with Gasteiger partial charge in [0, 0.05) is 11.5 Å². The van der Waals surface area contributed by atoms with E-state index in [0.29, 0.717) is 5.92 Å². The average Bonchev–Trinajstić information content (AvgIpc) is 2.58. The topological polar surface area (TPSA) is 33.6 Å². The maximum absolute atomic E-state index is 5.25. The highest BCUT2D eigenvalue weighted by Crippen LogP contribution is 2.46. The number of H-pyrrole nitrogens is 1. The van der Waals surface area contributed by atoms with Gasteiger partial charge in [0.15, 0.2) is 4.77 Å². The number of aromatic nitrogens is 3. The summed E-state index contributed by atoms with van der Waals surface area (Å²) in [5.41, 5.74) is 0.0295. The Labute approximate surface area is 89.5 Å². The molecule has 2 atom stereocenters. The van der Waals surface area contributed by atoms with Crippen molar-refractivity contribution in [3.05, 3.63) is 10.6 Å². The zero-order valence-corrected chi connectivity index (χ0v) is 9.98. The Balaban J connectivity index is 2.47. The zero-order chi connectivity index (χ0) is 10.5. The van der Waals surface area contributed by atoms with E-state index in [9.17, 15) is 0 Å². The van der Waals surface area contributed by atoms with Crippen LogP contribution in [0.25, 0.3) is 0 Å². The Morgan fingerprint density at radius 3 is 2.50 bits per heavy atom. The van der Waals surface area contributed by atoms with Crippen LogP contribution in [0.15, 0.2) is 0 Å². The van der Waals surface area contributed by atoms with Gasteiger partial charge in [-0.2, -0.15) is 5.10 Å². The first-order valence-electron chi connectivity index (χ1n) is 5.09. The van der Waals surface area contributed by atoms with Crippen molar-refractivity contribution in [2.45, 2.75) is 45.6 Å². The van der Waals surface area contributed by atoms with Gasteiger partial charge in [0.25, 0.3) is 0 Å². The van der Waals surface area contributed by atoms with Gasteiger partial charge in [-0.1, -0.05) is 6.92 Å². The maximum atomic E-state index is 5.25. The fourth-order valence-electron chi connectivity index (χ4n) is 1.89. The molecule has 2 unspecified atom stereocenters. The van der Waals surface area contributed by atoms with Crippen molar-refractivity contribution < 1.29 is 0 Å². The van der Waals surface area contributed by atoms with Gasteiger partial charge >= 0.3 is 0 Å². The van der Waals surface area contributed by atoms with E-state index in [1.54, 1.807) is 0 Å². The third-order valence-electron chi connectivity index (χ3n) is 2.81. The molecule has 1 saturated carbocycles. The number of nitrogens with one attached hydrogen (secondary N) is 1. The highest BCUT2D eigenvalue weighted by Gasteiger charge is 2.39. The smallest absolute Gasteiger partial charge is 0.195 e. The van der Waals surface area contributed by atoms with Gasteiger partial charge in [-0.05, 0) is 45.3 Å². The van der Waals surface area contributed by atoms with E-state index in [0.717, 1.165) is 16.5 Å². The van der Waals surface area contributed by atoms with Crippen LogP contribution in [0, 0.1) is 10.7 Å². The molecule has 3 nitrogen and oxygen atoms in total. The van der Waals surface area contributed by atoms with Crippen molar-refractivity contribution in [2.75, 3.05) is 0 Å². The number of rotatable bonds is 1. The molecule has 1 aromatic heterocycles.